The maximum Gasteiger partial charge on any atom is 0.222 e. The molecule has 8 nitrogen and oxygen atoms in total. The fourth-order valence-corrected chi connectivity index (χ4v) is 5.51. The van der Waals surface area contributed by atoms with Crippen LogP contribution in [0.1, 0.15) is 16.8 Å². The fourth-order valence-electron chi connectivity index (χ4n) is 4.85. The normalized spacial score (nSPS) is 13.3. The van der Waals surface area contributed by atoms with Gasteiger partial charge in [-0.3, -0.25) is 0 Å². The Balaban J connectivity index is 1.44. The van der Waals surface area contributed by atoms with Crippen molar-refractivity contribution in [1.29, 1.82) is 0 Å². The highest BCUT2D eigenvalue weighted by Crippen LogP contribution is 2.38. The van der Waals surface area contributed by atoms with Crippen molar-refractivity contribution in [2.24, 2.45) is 0 Å². The van der Waals surface area contributed by atoms with Crippen molar-refractivity contribution in [3.05, 3.63) is 71.3 Å². The van der Waals surface area contributed by atoms with Gasteiger partial charge in [0, 0.05) is 29.4 Å². The maximum absolute atomic E-state index is 14.1. The Morgan fingerprint density at radius 1 is 1.00 bits per heavy atom. The van der Waals surface area contributed by atoms with Crippen LogP contribution in [0, 0.1) is 19.7 Å². The molecule has 0 spiro atoms. The number of thiazole rings is 1. The lowest BCUT2D eigenvalue weighted by molar-refractivity contribution is 0.329. The molecular formula is C27H24FN7OS. The van der Waals surface area contributed by atoms with Gasteiger partial charge in [-0.15, -0.1) is 0 Å². The molecule has 0 fully saturated rings. The molecule has 0 atom stereocenters. The summed E-state index contributed by atoms with van der Waals surface area (Å²) in [5.41, 5.74) is 18.8. The third kappa shape index (κ3) is 4.29. The van der Waals surface area contributed by atoms with Crippen molar-refractivity contribution in [1.82, 2.24) is 19.9 Å². The minimum absolute atomic E-state index is 0.171. The van der Waals surface area contributed by atoms with Crippen LogP contribution in [0.2, 0.25) is 0 Å². The molecule has 1 aliphatic rings. The van der Waals surface area contributed by atoms with Gasteiger partial charge in [-0.25, -0.2) is 19.3 Å². The van der Waals surface area contributed by atoms with Crippen LogP contribution in [-0.4, -0.2) is 33.1 Å². The zero-order valence-corrected chi connectivity index (χ0v) is 21.1. The molecule has 0 aliphatic carbocycles. The predicted molar refractivity (Wildman–Crippen MR) is 145 cm³/mol. The van der Waals surface area contributed by atoms with Gasteiger partial charge >= 0.3 is 0 Å². The molecule has 4 heterocycles. The third-order valence-electron chi connectivity index (χ3n) is 6.42. The van der Waals surface area contributed by atoms with Crippen LogP contribution in [0.5, 0.6) is 5.75 Å². The molecule has 3 aromatic heterocycles. The predicted octanol–water partition coefficient (Wildman–Crippen LogP) is 5.13. The first-order valence-electron chi connectivity index (χ1n) is 11.8. The van der Waals surface area contributed by atoms with Crippen LogP contribution in [0.3, 0.4) is 0 Å². The van der Waals surface area contributed by atoms with Crippen LogP contribution in [0.4, 0.5) is 21.3 Å². The van der Waals surface area contributed by atoms with E-state index in [9.17, 15) is 4.39 Å². The van der Waals surface area contributed by atoms with Gasteiger partial charge in [0.25, 0.3) is 0 Å². The summed E-state index contributed by atoms with van der Waals surface area (Å²) >= 11 is 1.37. The van der Waals surface area contributed by atoms with Crippen LogP contribution in [-0.2, 0) is 6.54 Å². The fraction of sp³-hybridized carbons (Fsp3) is 0.185. The van der Waals surface area contributed by atoms with Gasteiger partial charge in [0.15, 0.2) is 5.13 Å². The van der Waals surface area contributed by atoms with Crippen LogP contribution in [0.25, 0.3) is 32.6 Å². The van der Waals surface area contributed by atoms with Crippen LogP contribution in [0.15, 0.2) is 48.7 Å². The molecule has 1 aliphatic heterocycles. The number of hydrogen-bond acceptors (Lipinski definition) is 9. The van der Waals surface area contributed by atoms with Crippen molar-refractivity contribution >= 4 is 38.6 Å². The van der Waals surface area contributed by atoms with Gasteiger partial charge in [0.2, 0.25) is 5.95 Å². The van der Waals surface area contributed by atoms with Gasteiger partial charge in [0.1, 0.15) is 34.3 Å². The number of nitrogens with zero attached hydrogens (tertiary/aromatic N) is 5. The lowest BCUT2D eigenvalue weighted by Crippen LogP contribution is -2.27. The van der Waals surface area contributed by atoms with E-state index in [1.165, 1.54) is 23.5 Å². The van der Waals surface area contributed by atoms with Gasteiger partial charge in [-0.2, -0.15) is 4.98 Å². The number of ether oxygens (including phenoxy) is 1. The Kier molecular flexibility index (Phi) is 5.60. The summed E-state index contributed by atoms with van der Waals surface area (Å²) in [5.74, 6) is 1.35. The number of anilines is 3. The Hall–Kier alpha value is -4.31. The highest BCUT2D eigenvalue weighted by molar-refractivity contribution is 7.21. The molecule has 6 rings (SSSR count). The smallest absolute Gasteiger partial charge is 0.222 e. The van der Waals surface area contributed by atoms with Gasteiger partial charge in [-0.05, 0) is 60.9 Å². The van der Waals surface area contributed by atoms with E-state index in [1.807, 2.05) is 32.2 Å². The number of halogens is 1. The van der Waals surface area contributed by atoms with Crippen molar-refractivity contribution in [2.45, 2.75) is 20.4 Å². The lowest BCUT2D eigenvalue weighted by atomic mass is 9.99. The van der Waals surface area contributed by atoms with Crippen molar-refractivity contribution in [3.8, 4) is 28.0 Å². The first-order valence-corrected chi connectivity index (χ1v) is 12.6. The monoisotopic (exact) mass is 513 g/mol. The quantitative estimate of drug-likeness (QED) is 0.341. The SMILES string of the molecule is Cc1cc(-c2cnc3sc(N)nc3c2)cc2c1OCCN(c1nc(N)nc(C)c1-c1cccc(F)c1)C2. The lowest BCUT2D eigenvalue weighted by Gasteiger charge is -2.25. The van der Waals surface area contributed by atoms with E-state index in [-0.39, 0.29) is 11.8 Å². The number of hydrogen-bond donors (Lipinski definition) is 2. The van der Waals surface area contributed by atoms with Crippen LogP contribution < -0.4 is 21.1 Å². The molecule has 2 aromatic carbocycles. The second kappa shape index (κ2) is 8.97. The Labute approximate surface area is 216 Å². The van der Waals surface area contributed by atoms with Crippen molar-refractivity contribution in [3.63, 3.8) is 0 Å². The van der Waals surface area contributed by atoms with E-state index in [2.05, 4.69) is 37.0 Å². The molecular weight excluding hydrogens is 489 g/mol. The molecule has 0 amide bonds. The minimum atomic E-state index is -0.322. The minimum Gasteiger partial charge on any atom is -0.491 e. The number of rotatable bonds is 3. The molecule has 0 radical (unpaired) electrons. The molecule has 0 saturated carbocycles. The number of aromatic nitrogens is 4. The Morgan fingerprint density at radius 3 is 2.70 bits per heavy atom. The first-order chi connectivity index (χ1) is 17.9. The Bertz CT molecular complexity index is 1670. The molecule has 0 unspecified atom stereocenters. The second-order valence-electron chi connectivity index (χ2n) is 9.03. The zero-order valence-electron chi connectivity index (χ0n) is 20.3. The summed E-state index contributed by atoms with van der Waals surface area (Å²) in [6.45, 7) is 5.47. The topological polar surface area (TPSA) is 116 Å². The highest BCUT2D eigenvalue weighted by atomic mass is 32.1. The number of nitrogen functional groups attached to an aromatic ring is 2. The van der Waals surface area contributed by atoms with Crippen LogP contribution >= 0.6 is 11.3 Å². The van der Waals surface area contributed by atoms with E-state index in [4.69, 9.17) is 16.2 Å². The zero-order chi connectivity index (χ0) is 25.7. The summed E-state index contributed by atoms with van der Waals surface area (Å²) in [5, 5.41) is 0.496. The standard InChI is InChI=1S/C27H24FN7OS/c1-14-8-17(18-11-21-25(31-12-18)37-27(30)33-21)9-19-13-35(6-7-36-23(14)19)24-22(15(2)32-26(29)34-24)16-4-3-5-20(28)10-16/h3-5,8-12H,6-7,13H2,1-2H3,(H2,30,33)(H2,29,32,34). The summed E-state index contributed by atoms with van der Waals surface area (Å²) in [6.07, 6.45) is 1.84. The largest absolute Gasteiger partial charge is 0.491 e. The van der Waals surface area contributed by atoms with Crippen molar-refractivity contribution in [2.75, 3.05) is 29.5 Å². The second-order valence-corrected chi connectivity index (χ2v) is 10.0. The summed E-state index contributed by atoms with van der Waals surface area (Å²) in [7, 11) is 0. The third-order valence-corrected chi connectivity index (χ3v) is 7.23. The molecule has 5 aromatic rings. The first kappa shape index (κ1) is 23.1. The van der Waals surface area contributed by atoms with E-state index < -0.39 is 0 Å². The number of benzene rings is 2. The van der Waals surface area contributed by atoms with E-state index in [0.717, 1.165) is 43.9 Å². The number of pyridine rings is 1. The summed E-state index contributed by atoms with van der Waals surface area (Å²) < 4.78 is 20.3. The maximum atomic E-state index is 14.1. The highest BCUT2D eigenvalue weighted by Gasteiger charge is 2.24. The molecule has 10 heteroatoms. The van der Waals surface area contributed by atoms with Crippen molar-refractivity contribution < 1.29 is 9.13 Å². The molecule has 0 bridgehead atoms. The van der Waals surface area contributed by atoms with Gasteiger partial charge in [0.05, 0.1) is 12.2 Å². The molecule has 4 N–H and O–H groups in total. The molecule has 37 heavy (non-hydrogen) atoms. The number of fused-ring (bicyclic) bond motifs is 2. The summed E-state index contributed by atoms with van der Waals surface area (Å²) in [4.78, 5) is 20.8. The summed E-state index contributed by atoms with van der Waals surface area (Å²) in [6, 6.07) is 12.7. The molecule has 186 valence electrons. The van der Waals surface area contributed by atoms with Gasteiger partial charge < -0.3 is 21.1 Å². The average Bonchev–Trinajstić information content (AvgIpc) is 3.08. The number of nitrogens with two attached hydrogens (primary N) is 2. The average molecular weight is 514 g/mol. The Morgan fingerprint density at radius 2 is 1.86 bits per heavy atom. The number of aryl methyl sites for hydroxylation is 2. The molecule has 0 saturated heterocycles. The van der Waals surface area contributed by atoms with Gasteiger partial charge in [-0.1, -0.05) is 23.5 Å². The van der Waals surface area contributed by atoms with E-state index in [1.54, 1.807) is 6.07 Å². The van der Waals surface area contributed by atoms with E-state index in [0.29, 0.717) is 41.9 Å². The van der Waals surface area contributed by atoms with E-state index >= 15 is 0 Å².